The van der Waals surface area contributed by atoms with Crippen LogP contribution in [0.4, 0.5) is 0 Å². The lowest BCUT2D eigenvalue weighted by Crippen LogP contribution is -2.29. The number of rotatable bonds is 3. The molecule has 1 amide bonds. The smallest absolute Gasteiger partial charge is 0.237 e. The zero-order chi connectivity index (χ0) is 9.40. The van der Waals surface area contributed by atoms with Gasteiger partial charge in [0.25, 0.3) is 0 Å². The summed E-state index contributed by atoms with van der Waals surface area (Å²) in [7, 11) is 0. The van der Waals surface area contributed by atoms with E-state index in [2.05, 4.69) is 17.2 Å². The lowest BCUT2D eigenvalue weighted by atomic mass is 10.2. The Balaban J connectivity index is 3.57. The second kappa shape index (κ2) is 6.24. The molecule has 3 heteroatoms. The number of nitrogens with one attached hydrogen (secondary N) is 1. The van der Waals surface area contributed by atoms with Crippen LogP contribution in [0.5, 0.6) is 0 Å². The topological polar surface area (TPSA) is 52.9 Å². The highest BCUT2D eigenvalue weighted by molar-refractivity contribution is 5.80. The van der Waals surface area contributed by atoms with Gasteiger partial charge in [0, 0.05) is 13.0 Å². The molecule has 0 aliphatic carbocycles. The van der Waals surface area contributed by atoms with Gasteiger partial charge in [-0.25, -0.2) is 0 Å². The highest BCUT2D eigenvalue weighted by Gasteiger charge is 2.09. The molecule has 1 unspecified atom stereocenters. The van der Waals surface area contributed by atoms with Crippen LogP contribution >= 0.6 is 0 Å². The molecule has 0 saturated heterocycles. The van der Waals surface area contributed by atoms with Gasteiger partial charge in [-0.3, -0.25) is 4.79 Å². The molecule has 1 N–H and O–H groups in total. The maximum atomic E-state index is 11.0. The van der Waals surface area contributed by atoms with Crippen molar-refractivity contribution in [2.24, 2.45) is 5.92 Å². The quantitative estimate of drug-likeness (QED) is 0.492. The number of carbonyl (C=O) groups is 1. The van der Waals surface area contributed by atoms with Crippen LogP contribution in [-0.2, 0) is 4.79 Å². The predicted octanol–water partition coefficient (Wildman–Crippen LogP) is 0.676. The molecule has 0 heterocycles. The summed E-state index contributed by atoms with van der Waals surface area (Å²) in [5.41, 5.74) is 0. The number of hydrogen-bond donors (Lipinski definition) is 1. The minimum Gasteiger partial charge on any atom is -0.354 e. The molecule has 0 aliphatic rings. The lowest BCUT2D eigenvalue weighted by Gasteiger charge is -2.02. The second-order valence-electron chi connectivity index (χ2n) is 2.32. The summed E-state index contributed by atoms with van der Waals surface area (Å²) in [6.07, 6.45) is 0.639. The van der Waals surface area contributed by atoms with Gasteiger partial charge >= 0.3 is 0 Å². The molecule has 3 nitrogen and oxygen atoms in total. The summed E-state index contributed by atoms with van der Waals surface area (Å²) in [5.74, 6) is 4.73. The average molecular weight is 164 g/mol. The lowest BCUT2D eigenvalue weighted by molar-refractivity contribution is -0.122. The fourth-order valence-electron chi connectivity index (χ4n) is 0.585. The molecule has 12 heavy (non-hydrogen) atoms. The van der Waals surface area contributed by atoms with Crippen LogP contribution in [0.15, 0.2) is 0 Å². The normalized spacial score (nSPS) is 10.4. The van der Waals surface area contributed by atoms with E-state index in [0.717, 1.165) is 0 Å². The number of nitriles is 1. The fraction of sp³-hybridized carbons (Fsp3) is 0.556. The third kappa shape index (κ3) is 4.35. The summed E-state index contributed by atoms with van der Waals surface area (Å²) >= 11 is 0. The van der Waals surface area contributed by atoms with E-state index in [0.29, 0.717) is 13.0 Å². The van der Waals surface area contributed by atoms with E-state index < -0.39 is 5.92 Å². The van der Waals surface area contributed by atoms with Crippen molar-refractivity contribution in [3.63, 3.8) is 0 Å². The number of hydrogen-bond acceptors (Lipinski definition) is 2. The number of amides is 1. The van der Waals surface area contributed by atoms with Crippen molar-refractivity contribution in [3.05, 3.63) is 0 Å². The predicted molar refractivity (Wildman–Crippen MR) is 45.9 cm³/mol. The monoisotopic (exact) mass is 164 g/mol. The molecule has 0 aromatic heterocycles. The Morgan fingerprint density at radius 3 is 2.83 bits per heavy atom. The Kier molecular flexibility index (Phi) is 5.47. The fourth-order valence-corrected chi connectivity index (χ4v) is 0.585. The van der Waals surface area contributed by atoms with Crippen LogP contribution < -0.4 is 5.32 Å². The Morgan fingerprint density at radius 1 is 1.67 bits per heavy atom. The van der Waals surface area contributed by atoms with Crippen LogP contribution in [-0.4, -0.2) is 12.5 Å². The van der Waals surface area contributed by atoms with Crippen molar-refractivity contribution in [3.8, 4) is 17.9 Å². The first-order valence-corrected chi connectivity index (χ1v) is 3.79. The first-order valence-electron chi connectivity index (χ1n) is 3.79. The molecule has 0 radical (unpaired) electrons. The van der Waals surface area contributed by atoms with Gasteiger partial charge in [-0.2, -0.15) is 5.26 Å². The molecule has 0 spiro atoms. The molecule has 64 valence electrons. The van der Waals surface area contributed by atoms with Gasteiger partial charge in [-0.05, 0) is 13.8 Å². The van der Waals surface area contributed by atoms with Crippen molar-refractivity contribution < 1.29 is 4.79 Å². The molecule has 0 aliphatic heterocycles. The van der Waals surface area contributed by atoms with Crippen molar-refractivity contribution in [1.29, 1.82) is 5.26 Å². The molecule has 0 aromatic rings. The van der Waals surface area contributed by atoms with E-state index >= 15 is 0 Å². The first kappa shape index (κ1) is 10.5. The minimum atomic E-state index is -0.570. The van der Waals surface area contributed by atoms with E-state index in [1.807, 2.05) is 6.07 Å². The van der Waals surface area contributed by atoms with Gasteiger partial charge in [-0.15, -0.1) is 11.8 Å². The summed E-state index contributed by atoms with van der Waals surface area (Å²) in [6, 6.07) is 1.86. The van der Waals surface area contributed by atoms with Crippen molar-refractivity contribution >= 4 is 5.91 Å². The summed E-state index contributed by atoms with van der Waals surface area (Å²) in [4.78, 5) is 11.0. The Hall–Kier alpha value is -1.48. The molecule has 0 aromatic carbocycles. The highest BCUT2D eigenvalue weighted by atomic mass is 16.1. The number of carbonyl (C=O) groups excluding carboxylic acids is 1. The van der Waals surface area contributed by atoms with E-state index in [1.165, 1.54) is 0 Å². The second-order valence-corrected chi connectivity index (χ2v) is 2.32. The van der Waals surface area contributed by atoms with E-state index in [-0.39, 0.29) is 5.91 Å². The molecule has 0 bridgehead atoms. The van der Waals surface area contributed by atoms with E-state index in [4.69, 9.17) is 5.26 Å². The summed E-state index contributed by atoms with van der Waals surface area (Å²) in [5, 5.41) is 11.0. The molecule has 0 rings (SSSR count). The zero-order valence-electron chi connectivity index (χ0n) is 7.35. The van der Waals surface area contributed by atoms with Crippen molar-refractivity contribution in [1.82, 2.24) is 5.32 Å². The molecule has 0 fully saturated rings. The van der Waals surface area contributed by atoms with E-state index in [9.17, 15) is 4.79 Å². The SMILES string of the molecule is CC#CCCNC(=O)C(C)C#N. The Bertz CT molecular complexity index is 241. The largest absolute Gasteiger partial charge is 0.354 e. The highest BCUT2D eigenvalue weighted by Crippen LogP contribution is 1.90. The Labute approximate surface area is 72.8 Å². The van der Waals surface area contributed by atoms with Crippen LogP contribution in [0.25, 0.3) is 0 Å². The molecular weight excluding hydrogens is 152 g/mol. The maximum Gasteiger partial charge on any atom is 0.237 e. The first-order chi connectivity index (χ1) is 5.72. The van der Waals surface area contributed by atoms with Gasteiger partial charge in [0.05, 0.1) is 6.07 Å². The van der Waals surface area contributed by atoms with Crippen LogP contribution in [0.3, 0.4) is 0 Å². The maximum absolute atomic E-state index is 11.0. The Morgan fingerprint density at radius 2 is 2.33 bits per heavy atom. The van der Waals surface area contributed by atoms with Crippen molar-refractivity contribution in [2.45, 2.75) is 20.3 Å². The van der Waals surface area contributed by atoms with Crippen LogP contribution in [0.1, 0.15) is 20.3 Å². The average Bonchev–Trinajstić information content (AvgIpc) is 2.10. The third-order valence-corrected chi connectivity index (χ3v) is 1.31. The van der Waals surface area contributed by atoms with Gasteiger partial charge in [0.2, 0.25) is 5.91 Å². The molecular formula is C9H12N2O. The van der Waals surface area contributed by atoms with E-state index in [1.54, 1.807) is 13.8 Å². The summed E-state index contributed by atoms with van der Waals surface area (Å²) in [6.45, 7) is 3.84. The van der Waals surface area contributed by atoms with Crippen LogP contribution in [0, 0.1) is 29.1 Å². The van der Waals surface area contributed by atoms with Crippen molar-refractivity contribution in [2.75, 3.05) is 6.54 Å². The van der Waals surface area contributed by atoms with Gasteiger partial charge in [0.15, 0.2) is 0 Å². The summed E-state index contributed by atoms with van der Waals surface area (Å²) < 4.78 is 0. The van der Waals surface area contributed by atoms with Gasteiger partial charge in [-0.1, -0.05) is 0 Å². The van der Waals surface area contributed by atoms with Crippen LogP contribution in [0.2, 0.25) is 0 Å². The third-order valence-electron chi connectivity index (χ3n) is 1.31. The van der Waals surface area contributed by atoms with Gasteiger partial charge in [0.1, 0.15) is 5.92 Å². The standard InChI is InChI=1S/C9H12N2O/c1-3-4-5-6-11-9(12)8(2)7-10/h8H,5-6H2,1-2H3,(H,11,12). The molecule has 0 saturated carbocycles. The number of nitrogens with zero attached hydrogens (tertiary/aromatic N) is 1. The minimum absolute atomic E-state index is 0.226. The molecule has 1 atom stereocenters. The van der Waals surface area contributed by atoms with Gasteiger partial charge < -0.3 is 5.32 Å². The zero-order valence-corrected chi connectivity index (χ0v) is 7.35.